The van der Waals surface area contributed by atoms with Gasteiger partial charge >= 0.3 is 0 Å². The van der Waals surface area contributed by atoms with Crippen LogP contribution in [0.2, 0.25) is 0 Å². The molecule has 0 spiro atoms. The maximum atomic E-state index is 4.28. The highest BCUT2D eigenvalue weighted by Crippen LogP contribution is 2.03. The molecule has 0 fully saturated rings. The van der Waals surface area contributed by atoms with Gasteiger partial charge in [-0.1, -0.05) is 0 Å². The van der Waals surface area contributed by atoms with Crippen LogP contribution in [0.3, 0.4) is 0 Å². The van der Waals surface area contributed by atoms with Crippen LogP contribution in [0, 0.1) is 0 Å². The SMILES string of the molecule is CCn1ccnc1NCCCN(C)C(C)C. The van der Waals surface area contributed by atoms with E-state index >= 15 is 0 Å². The van der Waals surface area contributed by atoms with Crippen molar-refractivity contribution in [3.05, 3.63) is 12.4 Å². The number of anilines is 1. The van der Waals surface area contributed by atoms with Gasteiger partial charge in [-0.05, 0) is 40.8 Å². The average Bonchev–Trinajstić information content (AvgIpc) is 2.71. The van der Waals surface area contributed by atoms with Crippen molar-refractivity contribution in [3.8, 4) is 0 Å². The second-order valence-corrected chi connectivity index (χ2v) is 4.39. The van der Waals surface area contributed by atoms with Gasteiger partial charge in [0.2, 0.25) is 5.95 Å². The molecule has 0 radical (unpaired) electrons. The number of imidazole rings is 1. The number of aryl methyl sites for hydroxylation is 1. The lowest BCUT2D eigenvalue weighted by molar-refractivity contribution is 0.273. The topological polar surface area (TPSA) is 33.1 Å². The standard InChI is InChI=1S/C12H24N4/c1-5-16-10-8-14-12(16)13-7-6-9-15(4)11(2)3/h8,10-11H,5-7,9H2,1-4H3,(H,13,14). The summed E-state index contributed by atoms with van der Waals surface area (Å²) in [6, 6.07) is 0.623. The van der Waals surface area contributed by atoms with Gasteiger partial charge in [-0.25, -0.2) is 4.98 Å². The van der Waals surface area contributed by atoms with Crippen LogP contribution in [-0.2, 0) is 6.54 Å². The number of hydrogen-bond acceptors (Lipinski definition) is 3. The van der Waals surface area contributed by atoms with E-state index in [1.165, 1.54) is 0 Å². The van der Waals surface area contributed by atoms with Crippen molar-refractivity contribution in [1.29, 1.82) is 0 Å². The maximum absolute atomic E-state index is 4.28. The van der Waals surface area contributed by atoms with Gasteiger partial charge in [0.15, 0.2) is 0 Å². The Balaban J connectivity index is 2.21. The molecule has 1 N–H and O–H groups in total. The Labute approximate surface area is 98.7 Å². The van der Waals surface area contributed by atoms with Crippen LogP contribution in [0.1, 0.15) is 27.2 Å². The van der Waals surface area contributed by atoms with Crippen molar-refractivity contribution in [3.63, 3.8) is 0 Å². The number of rotatable bonds is 7. The van der Waals surface area contributed by atoms with Gasteiger partial charge in [0.25, 0.3) is 0 Å². The van der Waals surface area contributed by atoms with Crippen LogP contribution >= 0.6 is 0 Å². The Morgan fingerprint density at radius 2 is 2.25 bits per heavy atom. The van der Waals surface area contributed by atoms with E-state index < -0.39 is 0 Å². The van der Waals surface area contributed by atoms with Gasteiger partial charge in [-0.3, -0.25) is 0 Å². The maximum Gasteiger partial charge on any atom is 0.202 e. The largest absolute Gasteiger partial charge is 0.356 e. The van der Waals surface area contributed by atoms with Crippen molar-refractivity contribution in [2.45, 2.75) is 39.8 Å². The second-order valence-electron chi connectivity index (χ2n) is 4.39. The van der Waals surface area contributed by atoms with Crippen LogP contribution in [0.25, 0.3) is 0 Å². The molecule has 0 aliphatic carbocycles. The molecule has 4 nitrogen and oxygen atoms in total. The van der Waals surface area contributed by atoms with Gasteiger partial charge in [0, 0.05) is 31.5 Å². The first-order valence-electron chi connectivity index (χ1n) is 6.10. The number of nitrogens with zero attached hydrogens (tertiary/aromatic N) is 3. The summed E-state index contributed by atoms with van der Waals surface area (Å²) in [4.78, 5) is 6.63. The zero-order valence-corrected chi connectivity index (χ0v) is 10.9. The van der Waals surface area contributed by atoms with Crippen LogP contribution in [0.5, 0.6) is 0 Å². The molecule has 0 atom stereocenters. The van der Waals surface area contributed by atoms with Crippen molar-refractivity contribution in [1.82, 2.24) is 14.5 Å². The van der Waals surface area contributed by atoms with E-state index in [4.69, 9.17) is 0 Å². The Morgan fingerprint density at radius 1 is 1.50 bits per heavy atom. The lowest BCUT2D eigenvalue weighted by Gasteiger charge is -2.20. The van der Waals surface area contributed by atoms with E-state index in [0.29, 0.717) is 6.04 Å². The van der Waals surface area contributed by atoms with Crippen molar-refractivity contribution in [2.24, 2.45) is 0 Å². The van der Waals surface area contributed by atoms with E-state index in [1.807, 2.05) is 12.4 Å². The van der Waals surface area contributed by atoms with E-state index in [1.54, 1.807) is 0 Å². The Kier molecular flexibility index (Phi) is 5.32. The highest BCUT2D eigenvalue weighted by atomic mass is 15.2. The molecule has 0 saturated heterocycles. The molecule has 0 aliphatic heterocycles. The van der Waals surface area contributed by atoms with E-state index in [-0.39, 0.29) is 0 Å². The number of nitrogens with one attached hydrogen (secondary N) is 1. The molecule has 92 valence electrons. The molecule has 0 saturated carbocycles. The average molecular weight is 224 g/mol. The predicted molar refractivity (Wildman–Crippen MR) is 68.8 cm³/mol. The van der Waals surface area contributed by atoms with Crippen LogP contribution in [0.15, 0.2) is 12.4 Å². The summed E-state index contributed by atoms with van der Waals surface area (Å²) in [5.41, 5.74) is 0. The molecule has 0 amide bonds. The third-order valence-electron chi connectivity index (χ3n) is 2.91. The fourth-order valence-electron chi connectivity index (χ4n) is 1.52. The van der Waals surface area contributed by atoms with E-state index in [2.05, 4.69) is 47.6 Å². The Hall–Kier alpha value is -1.03. The minimum atomic E-state index is 0.623. The Morgan fingerprint density at radius 3 is 2.88 bits per heavy atom. The second kappa shape index (κ2) is 6.53. The summed E-state index contributed by atoms with van der Waals surface area (Å²) in [5.74, 6) is 0.981. The van der Waals surface area contributed by atoms with Gasteiger partial charge in [0.05, 0.1) is 0 Å². The van der Waals surface area contributed by atoms with Crippen LogP contribution in [-0.4, -0.2) is 40.6 Å². The lowest BCUT2D eigenvalue weighted by Crippen LogP contribution is -2.28. The minimum absolute atomic E-state index is 0.623. The summed E-state index contributed by atoms with van der Waals surface area (Å²) in [5, 5.41) is 3.36. The smallest absolute Gasteiger partial charge is 0.202 e. The van der Waals surface area contributed by atoms with Gasteiger partial charge < -0.3 is 14.8 Å². The van der Waals surface area contributed by atoms with E-state index in [9.17, 15) is 0 Å². The fraction of sp³-hybridized carbons (Fsp3) is 0.750. The zero-order valence-electron chi connectivity index (χ0n) is 10.9. The highest BCUT2D eigenvalue weighted by Gasteiger charge is 2.03. The van der Waals surface area contributed by atoms with Gasteiger partial charge in [0.1, 0.15) is 0 Å². The third-order valence-corrected chi connectivity index (χ3v) is 2.91. The molecule has 1 rings (SSSR count). The van der Waals surface area contributed by atoms with Crippen molar-refractivity contribution >= 4 is 5.95 Å². The molecule has 0 bridgehead atoms. The normalized spacial score (nSPS) is 11.4. The monoisotopic (exact) mass is 224 g/mol. The molecule has 1 aromatic rings. The Bertz CT molecular complexity index is 293. The van der Waals surface area contributed by atoms with Crippen LogP contribution in [0.4, 0.5) is 5.95 Å². The van der Waals surface area contributed by atoms with Crippen molar-refractivity contribution in [2.75, 3.05) is 25.5 Å². The first kappa shape index (κ1) is 13.0. The summed E-state index contributed by atoms with van der Waals surface area (Å²) < 4.78 is 2.12. The minimum Gasteiger partial charge on any atom is -0.356 e. The number of aromatic nitrogens is 2. The molecule has 0 aliphatic rings. The fourth-order valence-corrected chi connectivity index (χ4v) is 1.52. The molecule has 0 unspecified atom stereocenters. The molecular weight excluding hydrogens is 200 g/mol. The number of hydrogen-bond donors (Lipinski definition) is 1. The molecule has 1 heterocycles. The lowest BCUT2D eigenvalue weighted by atomic mass is 10.3. The van der Waals surface area contributed by atoms with Crippen molar-refractivity contribution < 1.29 is 0 Å². The molecule has 1 aromatic heterocycles. The zero-order chi connectivity index (χ0) is 12.0. The van der Waals surface area contributed by atoms with E-state index in [0.717, 1.165) is 32.0 Å². The summed E-state index contributed by atoms with van der Waals surface area (Å²) in [7, 11) is 2.16. The van der Waals surface area contributed by atoms with Gasteiger partial charge in [-0.2, -0.15) is 0 Å². The molecule has 0 aromatic carbocycles. The summed E-state index contributed by atoms with van der Waals surface area (Å²) >= 11 is 0. The summed E-state index contributed by atoms with van der Waals surface area (Å²) in [6.07, 6.45) is 4.99. The predicted octanol–water partition coefficient (Wildman–Crippen LogP) is 2.05. The van der Waals surface area contributed by atoms with Crippen LogP contribution < -0.4 is 5.32 Å². The first-order valence-corrected chi connectivity index (χ1v) is 6.10. The van der Waals surface area contributed by atoms with Gasteiger partial charge in [-0.15, -0.1) is 0 Å². The molecule has 4 heteroatoms. The molecule has 16 heavy (non-hydrogen) atoms. The quantitative estimate of drug-likeness (QED) is 0.720. The first-order chi connectivity index (χ1) is 7.65. The highest BCUT2D eigenvalue weighted by molar-refractivity contribution is 5.25. The summed E-state index contributed by atoms with van der Waals surface area (Å²) in [6.45, 7) is 9.63. The molecular formula is C12H24N4. The third kappa shape index (κ3) is 3.85.